The number of hydrogen-bond donors (Lipinski definition) is 2. The van der Waals surface area contributed by atoms with Crippen molar-refractivity contribution in [1.82, 2.24) is 24.4 Å². The van der Waals surface area contributed by atoms with Gasteiger partial charge in [0.2, 0.25) is 0 Å². The second-order valence-corrected chi connectivity index (χ2v) is 6.69. The third kappa shape index (κ3) is 2.64. The fourth-order valence-corrected chi connectivity index (χ4v) is 3.84. The van der Waals surface area contributed by atoms with Gasteiger partial charge in [0, 0.05) is 32.2 Å². The standard InChI is InChI=1S/C10H17N5O3S/c1-18-10-6-15(19(16,17)13-7-2-3-7)5-8(10)9-4-11-14-12-9/h4,7-8,10,13H,2-3,5-6H2,1H3,(H,11,12,14)/t8-,10+/m0/s1. The maximum atomic E-state index is 12.2. The average molecular weight is 287 g/mol. The molecule has 2 aliphatic rings. The molecule has 0 amide bonds. The SMILES string of the molecule is CO[C@@H]1CN(S(=O)(=O)NC2CC2)C[C@H]1c1cn[nH]n1. The molecule has 1 aromatic heterocycles. The van der Waals surface area contributed by atoms with Crippen LogP contribution in [0, 0.1) is 0 Å². The topological polar surface area (TPSA) is 100 Å². The Labute approximate surface area is 111 Å². The molecule has 8 nitrogen and oxygen atoms in total. The zero-order valence-electron chi connectivity index (χ0n) is 10.6. The lowest BCUT2D eigenvalue weighted by atomic mass is 10.0. The number of methoxy groups -OCH3 is 1. The summed E-state index contributed by atoms with van der Waals surface area (Å²) in [4.78, 5) is 0. The number of ether oxygens (including phenoxy) is 1. The molecule has 1 saturated heterocycles. The van der Waals surface area contributed by atoms with E-state index in [1.54, 1.807) is 13.3 Å². The second-order valence-electron chi connectivity index (χ2n) is 4.99. The molecule has 0 radical (unpaired) electrons. The molecule has 0 unspecified atom stereocenters. The molecule has 3 rings (SSSR count). The normalized spacial score (nSPS) is 28.9. The third-order valence-corrected chi connectivity index (χ3v) is 5.19. The van der Waals surface area contributed by atoms with Crippen molar-refractivity contribution >= 4 is 10.2 Å². The lowest BCUT2D eigenvalue weighted by molar-refractivity contribution is 0.101. The van der Waals surface area contributed by atoms with Gasteiger partial charge >= 0.3 is 0 Å². The molecule has 2 atom stereocenters. The molecule has 106 valence electrons. The summed E-state index contributed by atoms with van der Waals surface area (Å²) in [5.41, 5.74) is 0.732. The second kappa shape index (κ2) is 4.82. The molecule has 19 heavy (non-hydrogen) atoms. The van der Waals surface area contributed by atoms with E-state index in [1.165, 1.54) is 4.31 Å². The van der Waals surface area contributed by atoms with E-state index in [2.05, 4.69) is 20.1 Å². The van der Waals surface area contributed by atoms with E-state index in [0.717, 1.165) is 18.5 Å². The van der Waals surface area contributed by atoms with Crippen LogP contribution < -0.4 is 4.72 Å². The maximum Gasteiger partial charge on any atom is 0.279 e. The Morgan fingerprint density at radius 2 is 2.26 bits per heavy atom. The van der Waals surface area contributed by atoms with Crippen LogP contribution in [0.3, 0.4) is 0 Å². The molecule has 0 spiro atoms. The van der Waals surface area contributed by atoms with Crippen LogP contribution in [0.15, 0.2) is 6.20 Å². The molecular formula is C10H17N5O3S. The van der Waals surface area contributed by atoms with E-state index < -0.39 is 10.2 Å². The molecule has 1 aliphatic carbocycles. The predicted molar refractivity (Wildman–Crippen MR) is 66.6 cm³/mol. The first-order valence-electron chi connectivity index (χ1n) is 6.26. The van der Waals surface area contributed by atoms with Crippen molar-refractivity contribution < 1.29 is 13.2 Å². The van der Waals surface area contributed by atoms with Crippen LogP contribution in [-0.4, -0.2) is 60.5 Å². The summed E-state index contributed by atoms with van der Waals surface area (Å²) < 4.78 is 33.8. The van der Waals surface area contributed by atoms with E-state index >= 15 is 0 Å². The first-order chi connectivity index (χ1) is 9.10. The van der Waals surface area contributed by atoms with Gasteiger partial charge in [0.15, 0.2) is 0 Å². The fraction of sp³-hybridized carbons (Fsp3) is 0.800. The highest BCUT2D eigenvalue weighted by molar-refractivity contribution is 7.87. The van der Waals surface area contributed by atoms with Crippen molar-refractivity contribution in [3.63, 3.8) is 0 Å². The lowest BCUT2D eigenvalue weighted by Crippen LogP contribution is -2.40. The fourth-order valence-electron chi connectivity index (χ4n) is 2.33. The molecule has 2 fully saturated rings. The van der Waals surface area contributed by atoms with Gasteiger partial charge in [-0.15, -0.1) is 0 Å². The number of hydrogen-bond acceptors (Lipinski definition) is 5. The number of rotatable bonds is 5. The molecule has 1 aliphatic heterocycles. The summed E-state index contributed by atoms with van der Waals surface area (Å²) in [5, 5.41) is 10.3. The molecule has 1 aromatic rings. The average Bonchev–Trinajstić information content (AvgIpc) is 2.90. The number of aromatic amines is 1. The molecular weight excluding hydrogens is 270 g/mol. The smallest absolute Gasteiger partial charge is 0.279 e. The summed E-state index contributed by atoms with van der Waals surface area (Å²) in [6, 6.07) is 0.108. The van der Waals surface area contributed by atoms with Gasteiger partial charge in [0.05, 0.1) is 18.0 Å². The zero-order valence-corrected chi connectivity index (χ0v) is 11.4. The van der Waals surface area contributed by atoms with E-state index in [9.17, 15) is 8.42 Å². The predicted octanol–water partition coefficient (Wildman–Crippen LogP) is -0.784. The highest BCUT2D eigenvalue weighted by atomic mass is 32.2. The van der Waals surface area contributed by atoms with E-state index in [1.807, 2.05) is 0 Å². The Hall–Kier alpha value is -1.03. The number of aromatic nitrogens is 3. The van der Waals surface area contributed by atoms with Crippen LogP contribution in [0.25, 0.3) is 0 Å². The molecule has 2 N–H and O–H groups in total. The first-order valence-corrected chi connectivity index (χ1v) is 7.70. The first kappa shape index (κ1) is 13.0. The van der Waals surface area contributed by atoms with E-state index in [0.29, 0.717) is 13.1 Å². The van der Waals surface area contributed by atoms with Crippen LogP contribution in [0.2, 0.25) is 0 Å². The highest BCUT2D eigenvalue weighted by Gasteiger charge is 2.42. The van der Waals surface area contributed by atoms with Crippen LogP contribution in [0.4, 0.5) is 0 Å². The van der Waals surface area contributed by atoms with Gasteiger partial charge in [-0.2, -0.15) is 32.9 Å². The minimum Gasteiger partial charge on any atom is -0.379 e. The van der Waals surface area contributed by atoms with Gasteiger partial charge in [-0.25, -0.2) is 0 Å². The van der Waals surface area contributed by atoms with E-state index in [-0.39, 0.29) is 18.1 Å². The minimum atomic E-state index is -3.42. The van der Waals surface area contributed by atoms with Crippen LogP contribution in [0.1, 0.15) is 24.5 Å². The van der Waals surface area contributed by atoms with Crippen LogP contribution >= 0.6 is 0 Å². The Morgan fingerprint density at radius 1 is 1.47 bits per heavy atom. The molecule has 2 heterocycles. The summed E-state index contributed by atoms with van der Waals surface area (Å²) in [6.45, 7) is 0.711. The number of nitrogens with one attached hydrogen (secondary N) is 2. The summed E-state index contributed by atoms with van der Waals surface area (Å²) >= 11 is 0. The van der Waals surface area contributed by atoms with Crippen LogP contribution in [-0.2, 0) is 14.9 Å². The quantitative estimate of drug-likeness (QED) is 0.739. The summed E-state index contributed by atoms with van der Waals surface area (Å²) in [6.07, 6.45) is 3.27. The van der Waals surface area contributed by atoms with Crippen LogP contribution in [0.5, 0.6) is 0 Å². The Balaban J connectivity index is 1.75. The monoisotopic (exact) mass is 287 g/mol. The zero-order chi connectivity index (χ0) is 13.5. The highest BCUT2D eigenvalue weighted by Crippen LogP contribution is 2.30. The van der Waals surface area contributed by atoms with Gasteiger partial charge in [-0.1, -0.05) is 0 Å². The molecule has 9 heteroatoms. The summed E-state index contributed by atoms with van der Waals surface area (Å²) in [7, 11) is -1.83. The molecule has 0 aromatic carbocycles. The lowest BCUT2D eigenvalue weighted by Gasteiger charge is -2.16. The minimum absolute atomic E-state index is 0.0838. The largest absolute Gasteiger partial charge is 0.379 e. The van der Waals surface area contributed by atoms with Gasteiger partial charge in [-0.05, 0) is 12.8 Å². The van der Waals surface area contributed by atoms with Gasteiger partial charge < -0.3 is 4.74 Å². The maximum absolute atomic E-state index is 12.2. The van der Waals surface area contributed by atoms with Crippen molar-refractivity contribution in [2.45, 2.75) is 30.9 Å². The van der Waals surface area contributed by atoms with Gasteiger partial charge in [0.25, 0.3) is 10.2 Å². The third-order valence-electron chi connectivity index (χ3n) is 3.58. The van der Waals surface area contributed by atoms with Gasteiger partial charge in [0.1, 0.15) is 0 Å². The van der Waals surface area contributed by atoms with Crippen molar-refractivity contribution in [2.75, 3.05) is 20.2 Å². The van der Waals surface area contributed by atoms with Crippen molar-refractivity contribution in [3.05, 3.63) is 11.9 Å². The number of nitrogens with zero attached hydrogens (tertiary/aromatic N) is 3. The molecule has 1 saturated carbocycles. The molecule has 0 bridgehead atoms. The van der Waals surface area contributed by atoms with E-state index in [4.69, 9.17) is 4.74 Å². The van der Waals surface area contributed by atoms with Crippen molar-refractivity contribution in [2.24, 2.45) is 0 Å². The Morgan fingerprint density at radius 3 is 2.84 bits per heavy atom. The number of H-pyrrole nitrogens is 1. The van der Waals surface area contributed by atoms with Crippen molar-refractivity contribution in [3.8, 4) is 0 Å². The Kier molecular flexibility index (Phi) is 3.29. The van der Waals surface area contributed by atoms with Crippen molar-refractivity contribution in [1.29, 1.82) is 0 Å². The van der Waals surface area contributed by atoms with Gasteiger partial charge in [-0.3, -0.25) is 0 Å². The summed E-state index contributed by atoms with van der Waals surface area (Å²) in [5.74, 6) is -0.0838. The Bertz CT molecular complexity index is 527.